The van der Waals surface area contributed by atoms with Gasteiger partial charge in [0, 0.05) is 34.3 Å². The van der Waals surface area contributed by atoms with Crippen LogP contribution in [0, 0.1) is 0 Å². The van der Waals surface area contributed by atoms with Gasteiger partial charge in [0.05, 0.1) is 19.1 Å². The van der Waals surface area contributed by atoms with E-state index in [-0.39, 0.29) is 16.9 Å². The van der Waals surface area contributed by atoms with Crippen molar-refractivity contribution in [1.29, 1.82) is 0 Å². The number of aromatic nitrogens is 1. The van der Waals surface area contributed by atoms with E-state index >= 15 is 0 Å². The summed E-state index contributed by atoms with van der Waals surface area (Å²) in [6.45, 7) is 6.11. The lowest BCUT2D eigenvalue weighted by Gasteiger charge is -2.30. The maximum Gasteiger partial charge on any atom is 0.262 e. The van der Waals surface area contributed by atoms with Gasteiger partial charge in [0.2, 0.25) is 10.0 Å². The topological polar surface area (TPSA) is 109 Å². The molecule has 4 rings (SSSR count). The fourth-order valence-electron chi connectivity index (χ4n) is 4.32. The predicted octanol–water partition coefficient (Wildman–Crippen LogP) is 5.70. The van der Waals surface area contributed by atoms with Crippen LogP contribution in [-0.4, -0.2) is 32.7 Å². The molecule has 0 aliphatic heterocycles. The molecule has 0 saturated carbocycles. The van der Waals surface area contributed by atoms with Crippen molar-refractivity contribution in [2.75, 3.05) is 23.0 Å². The Balaban J connectivity index is 1.97. The maximum absolute atomic E-state index is 14.1. The van der Waals surface area contributed by atoms with Crippen LogP contribution in [0.5, 0.6) is 5.75 Å². The first kappa shape index (κ1) is 27.7. The van der Waals surface area contributed by atoms with Crippen LogP contribution in [0.25, 0.3) is 11.1 Å². The number of nitrogens with one attached hydrogen (secondary N) is 2. The first-order chi connectivity index (χ1) is 18.4. The molecule has 202 valence electrons. The lowest BCUT2D eigenvalue weighted by atomic mass is 9.83. The molecular formula is C30H31N3O5S. The second-order valence-corrected chi connectivity index (χ2v) is 11.9. The van der Waals surface area contributed by atoms with Crippen LogP contribution in [0.3, 0.4) is 0 Å². The number of sulfonamides is 1. The van der Waals surface area contributed by atoms with Crippen molar-refractivity contribution in [3.05, 3.63) is 107 Å². The quantitative estimate of drug-likeness (QED) is 0.310. The van der Waals surface area contributed by atoms with E-state index < -0.39 is 10.0 Å². The molecule has 0 bridgehead atoms. The average Bonchev–Trinajstić information content (AvgIpc) is 2.88. The Morgan fingerprint density at radius 1 is 0.949 bits per heavy atom. The number of hydrogen-bond acceptors (Lipinski definition) is 5. The van der Waals surface area contributed by atoms with Crippen LogP contribution < -0.4 is 19.9 Å². The first-order valence-electron chi connectivity index (χ1n) is 12.3. The summed E-state index contributed by atoms with van der Waals surface area (Å²) in [5.41, 5.74) is 3.03. The number of benzene rings is 3. The van der Waals surface area contributed by atoms with E-state index in [1.165, 1.54) is 12.1 Å². The molecule has 2 N–H and O–H groups in total. The van der Waals surface area contributed by atoms with Gasteiger partial charge >= 0.3 is 0 Å². The Labute approximate surface area is 228 Å². The molecule has 1 amide bonds. The number of aromatic amines is 1. The second kappa shape index (κ2) is 10.8. The zero-order valence-corrected chi connectivity index (χ0v) is 23.3. The molecule has 1 aromatic heterocycles. The van der Waals surface area contributed by atoms with Crippen LogP contribution in [-0.2, 0) is 15.4 Å². The molecule has 0 unspecified atom stereocenters. The largest absolute Gasteiger partial charge is 0.494 e. The van der Waals surface area contributed by atoms with Crippen molar-refractivity contribution in [3.8, 4) is 16.9 Å². The number of nitrogens with zero attached hydrogens (tertiary/aromatic N) is 1. The third-order valence-corrected chi connectivity index (χ3v) is 6.71. The number of rotatable bonds is 7. The van der Waals surface area contributed by atoms with Crippen molar-refractivity contribution in [3.63, 3.8) is 0 Å². The number of ether oxygens (including phenoxy) is 1. The molecule has 3 aromatic carbocycles. The lowest BCUT2D eigenvalue weighted by Crippen LogP contribution is -2.27. The molecule has 0 fully saturated rings. The highest BCUT2D eigenvalue weighted by molar-refractivity contribution is 7.92. The summed E-state index contributed by atoms with van der Waals surface area (Å²) in [6, 6.07) is 22.5. The third kappa shape index (κ3) is 6.21. The van der Waals surface area contributed by atoms with Gasteiger partial charge in [-0.2, -0.15) is 0 Å². The maximum atomic E-state index is 14.1. The van der Waals surface area contributed by atoms with E-state index in [0.29, 0.717) is 39.5 Å². The molecule has 1 heterocycles. The van der Waals surface area contributed by atoms with Crippen molar-refractivity contribution in [2.45, 2.75) is 26.2 Å². The normalized spacial score (nSPS) is 11.6. The Morgan fingerprint density at radius 2 is 1.62 bits per heavy atom. The molecule has 0 spiro atoms. The Bertz CT molecular complexity index is 1660. The highest BCUT2D eigenvalue weighted by Gasteiger charge is 2.29. The number of anilines is 3. The van der Waals surface area contributed by atoms with Gasteiger partial charge in [-0.3, -0.25) is 19.2 Å². The fourth-order valence-corrected chi connectivity index (χ4v) is 4.89. The van der Waals surface area contributed by atoms with Crippen molar-refractivity contribution >= 4 is 33.0 Å². The van der Waals surface area contributed by atoms with E-state index in [1.807, 2.05) is 57.2 Å². The van der Waals surface area contributed by atoms with E-state index in [4.69, 9.17) is 4.74 Å². The molecule has 9 heteroatoms. The predicted molar refractivity (Wildman–Crippen MR) is 156 cm³/mol. The number of hydrogen-bond donors (Lipinski definition) is 2. The number of carbonyl (C=O) groups excluding carboxylic acids is 1. The summed E-state index contributed by atoms with van der Waals surface area (Å²) in [6.07, 6.45) is 2.64. The van der Waals surface area contributed by atoms with Gasteiger partial charge in [-0.25, -0.2) is 8.42 Å². The Morgan fingerprint density at radius 3 is 2.18 bits per heavy atom. The van der Waals surface area contributed by atoms with Crippen molar-refractivity contribution in [1.82, 2.24) is 4.98 Å². The van der Waals surface area contributed by atoms with Crippen LogP contribution in [0.1, 0.15) is 36.7 Å². The van der Waals surface area contributed by atoms with Crippen LogP contribution in [0.4, 0.5) is 17.1 Å². The molecule has 0 aliphatic carbocycles. The minimum Gasteiger partial charge on any atom is -0.494 e. The molecule has 39 heavy (non-hydrogen) atoms. The van der Waals surface area contributed by atoms with Gasteiger partial charge in [0.25, 0.3) is 11.5 Å². The van der Waals surface area contributed by atoms with Crippen LogP contribution in [0.15, 0.2) is 89.9 Å². The van der Waals surface area contributed by atoms with Gasteiger partial charge in [-0.05, 0) is 71.6 Å². The smallest absolute Gasteiger partial charge is 0.262 e. The molecule has 0 radical (unpaired) electrons. The molecule has 8 nitrogen and oxygen atoms in total. The second-order valence-electron chi connectivity index (χ2n) is 10.2. The number of amides is 1. The SMILES string of the molecule is COc1c(N(C(=O)c2ccc(NS(C)(=O)=O)cc2)c2ccccc2)cc(-c2ccc[nH]c2=O)cc1C(C)(C)C. The average molecular weight is 546 g/mol. The van der Waals surface area contributed by atoms with Gasteiger partial charge in [-0.15, -0.1) is 0 Å². The molecule has 0 aliphatic rings. The number of para-hydroxylation sites is 1. The van der Waals surface area contributed by atoms with Crippen LogP contribution in [0.2, 0.25) is 0 Å². The summed E-state index contributed by atoms with van der Waals surface area (Å²) < 4.78 is 31.6. The van der Waals surface area contributed by atoms with Gasteiger partial charge in [0.15, 0.2) is 0 Å². The zero-order valence-electron chi connectivity index (χ0n) is 22.5. The Kier molecular flexibility index (Phi) is 7.65. The summed E-state index contributed by atoms with van der Waals surface area (Å²) in [5, 5.41) is 0. The minimum atomic E-state index is -3.47. The molecule has 4 aromatic rings. The number of H-pyrrole nitrogens is 1. The van der Waals surface area contributed by atoms with Gasteiger partial charge in [-0.1, -0.05) is 39.0 Å². The Hall–Kier alpha value is -4.37. The van der Waals surface area contributed by atoms with Crippen LogP contribution >= 0.6 is 0 Å². The summed E-state index contributed by atoms with van der Waals surface area (Å²) >= 11 is 0. The third-order valence-electron chi connectivity index (χ3n) is 6.10. The van der Waals surface area contributed by atoms with Crippen molar-refractivity contribution < 1.29 is 17.9 Å². The number of pyridine rings is 1. The highest BCUT2D eigenvalue weighted by Crippen LogP contribution is 2.44. The molecular weight excluding hydrogens is 514 g/mol. The van der Waals surface area contributed by atoms with E-state index in [0.717, 1.165) is 11.8 Å². The van der Waals surface area contributed by atoms with Crippen molar-refractivity contribution in [2.24, 2.45) is 0 Å². The summed E-state index contributed by atoms with van der Waals surface area (Å²) in [4.78, 5) is 31.2. The summed E-state index contributed by atoms with van der Waals surface area (Å²) in [7, 11) is -1.91. The number of carbonyl (C=O) groups is 1. The zero-order chi connectivity index (χ0) is 28.4. The minimum absolute atomic E-state index is 0.250. The fraction of sp³-hybridized carbons (Fsp3) is 0.200. The molecule has 0 saturated heterocycles. The standard InChI is InChI=1S/C30H31N3O5S/c1-30(2,3)25-18-21(24-12-9-17-31-28(24)34)19-26(27(25)38-4)33(23-10-7-6-8-11-23)29(35)20-13-15-22(16-14-20)32-39(5,36)37/h6-19,32H,1-5H3,(H,31,34). The highest BCUT2D eigenvalue weighted by atomic mass is 32.2. The first-order valence-corrected chi connectivity index (χ1v) is 14.2. The van der Waals surface area contributed by atoms with Gasteiger partial charge in [0.1, 0.15) is 5.75 Å². The summed E-state index contributed by atoms with van der Waals surface area (Å²) in [5.74, 6) is 0.149. The molecule has 0 atom stereocenters. The van der Waals surface area contributed by atoms with E-state index in [1.54, 1.807) is 48.5 Å². The van der Waals surface area contributed by atoms with E-state index in [2.05, 4.69) is 9.71 Å². The monoisotopic (exact) mass is 545 g/mol. The lowest BCUT2D eigenvalue weighted by molar-refractivity contribution is 0.0998. The number of methoxy groups -OCH3 is 1. The van der Waals surface area contributed by atoms with E-state index in [9.17, 15) is 18.0 Å². The van der Waals surface area contributed by atoms with Gasteiger partial charge < -0.3 is 9.72 Å².